The maximum atomic E-state index is 12.5. The van der Waals surface area contributed by atoms with Gasteiger partial charge < -0.3 is 25.0 Å². The van der Waals surface area contributed by atoms with Gasteiger partial charge in [0.15, 0.2) is 0 Å². The molecule has 0 aliphatic carbocycles. The van der Waals surface area contributed by atoms with Crippen molar-refractivity contribution in [2.45, 2.75) is 45.9 Å². The lowest BCUT2D eigenvalue weighted by Crippen LogP contribution is -2.27. The summed E-state index contributed by atoms with van der Waals surface area (Å²) in [6.07, 6.45) is 0.0298. The normalized spacial score (nSPS) is 11.9. The van der Waals surface area contributed by atoms with E-state index in [1.807, 2.05) is 32.9 Å². The summed E-state index contributed by atoms with van der Waals surface area (Å²) in [4.78, 5) is 27.4. The van der Waals surface area contributed by atoms with Crippen molar-refractivity contribution >= 4 is 29.2 Å². The summed E-state index contributed by atoms with van der Waals surface area (Å²) in [5.41, 5.74) is 2.10. The highest BCUT2D eigenvalue weighted by Crippen LogP contribution is 2.30. The highest BCUT2D eigenvalue weighted by atomic mass is 35.5. The summed E-state index contributed by atoms with van der Waals surface area (Å²) in [5, 5.41) is 18.9. The van der Waals surface area contributed by atoms with E-state index in [0.717, 1.165) is 5.56 Å². The van der Waals surface area contributed by atoms with Crippen LogP contribution in [0.5, 0.6) is 5.75 Å². The zero-order valence-corrected chi connectivity index (χ0v) is 19.2. The van der Waals surface area contributed by atoms with E-state index in [-0.39, 0.29) is 30.3 Å². The summed E-state index contributed by atoms with van der Waals surface area (Å²) in [6, 6.07) is 12.1. The number of anilines is 1. The van der Waals surface area contributed by atoms with Crippen LogP contribution in [0.4, 0.5) is 5.69 Å². The third-order valence-electron chi connectivity index (χ3n) is 4.52. The molecule has 0 aliphatic rings. The summed E-state index contributed by atoms with van der Waals surface area (Å²) in [5.74, 6) is -0.795. The fraction of sp³-hybridized carbons (Fsp3) is 0.304. The van der Waals surface area contributed by atoms with Gasteiger partial charge in [0.1, 0.15) is 5.75 Å². The molecule has 174 valence electrons. The van der Waals surface area contributed by atoms with Crippen LogP contribution in [0.3, 0.4) is 0 Å². The molecule has 1 heterocycles. The molecule has 3 aromatic rings. The quantitative estimate of drug-likeness (QED) is 0.396. The van der Waals surface area contributed by atoms with Gasteiger partial charge >= 0.3 is 17.8 Å². The average Bonchev–Trinajstić information content (AvgIpc) is 3.24. The Morgan fingerprint density at radius 3 is 2.52 bits per heavy atom. The summed E-state index contributed by atoms with van der Waals surface area (Å²) in [7, 11) is 0. The molecule has 2 aromatic carbocycles. The van der Waals surface area contributed by atoms with E-state index in [1.54, 1.807) is 30.3 Å². The van der Waals surface area contributed by atoms with Crippen LogP contribution in [0, 0.1) is 0 Å². The Morgan fingerprint density at radius 1 is 1.15 bits per heavy atom. The zero-order valence-electron chi connectivity index (χ0n) is 18.5. The van der Waals surface area contributed by atoms with E-state index in [0.29, 0.717) is 28.6 Å². The minimum atomic E-state index is -0.850. The average molecular weight is 473 g/mol. The molecule has 1 aromatic heterocycles. The van der Waals surface area contributed by atoms with Crippen molar-refractivity contribution in [1.29, 1.82) is 0 Å². The number of ether oxygens (including phenoxy) is 1. The number of aliphatic carboxylic acids is 1. The van der Waals surface area contributed by atoms with Crippen molar-refractivity contribution in [3.05, 3.63) is 58.9 Å². The first-order valence-electron chi connectivity index (χ1n) is 10.4. The molecule has 0 saturated heterocycles. The van der Waals surface area contributed by atoms with Gasteiger partial charge in [0.05, 0.1) is 17.5 Å². The molecule has 3 N–H and O–H groups in total. The number of amides is 1. The molecule has 1 atom stereocenters. The molecule has 33 heavy (non-hydrogen) atoms. The van der Waals surface area contributed by atoms with Crippen molar-refractivity contribution in [3.63, 3.8) is 0 Å². The summed E-state index contributed by atoms with van der Waals surface area (Å²) in [6.45, 7) is 6.13. The van der Waals surface area contributed by atoms with E-state index in [4.69, 9.17) is 26.0 Å². The Hall–Kier alpha value is -3.43. The van der Waals surface area contributed by atoms with E-state index < -0.39 is 11.9 Å². The second-order valence-electron chi connectivity index (χ2n) is 7.77. The Morgan fingerprint density at radius 2 is 1.88 bits per heavy atom. The maximum Gasteiger partial charge on any atom is 0.316 e. The maximum absolute atomic E-state index is 12.5. The number of benzene rings is 2. The van der Waals surface area contributed by atoms with Gasteiger partial charge in [-0.1, -0.05) is 28.9 Å². The Balaban J connectivity index is 1.59. The van der Waals surface area contributed by atoms with Crippen LogP contribution in [-0.4, -0.2) is 39.3 Å². The third-order valence-corrected chi connectivity index (χ3v) is 4.82. The number of nitrogens with one attached hydrogen (secondary N) is 2. The molecule has 1 amide bonds. The first-order chi connectivity index (χ1) is 15.7. The number of nitrogens with zero attached hydrogens (tertiary/aromatic N) is 2. The van der Waals surface area contributed by atoms with Crippen molar-refractivity contribution in [2.24, 2.45) is 0 Å². The van der Waals surface area contributed by atoms with Crippen LogP contribution in [0.15, 0.2) is 47.0 Å². The Kier molecular flexibility index (Phi) is 8.02. The molecule has 0 aliphatic heterocycles. The minimum absolute atomic E-state index is 0.0142. The first-order valence-corrected chi connectivity index (χ1v) is 10.7. The number of carboxylic acids is 1. The fourth-order valence-electron chi connectivity index (χ4n) is 2.94. The number of carbonyl (C=O) groups excluding carboxylic acids is 1. The molecule has 10 heteroatoms. The molecule has 1 unspecified atom stereocenters. The third kappa shape index (κ3) is 7.03. The predicted molar refractivity (Wildman–Crippen MR) is 123 cm³/mol. The molecule has 0 bridgehead atoms. The van der Waals surface area contributed by atoms with Gasteiger partial charge in [-0.3, -0.25) is 9.59 Å². The number of rotatable bonds is 10. The number of carbonyl (C=O) groups is 2. The van der Waals surface area contributed by atoms with Gasteiger partial charge in [-0.15, -0.1) is 0 Å². The molecular weight excluding hydrogens is 448 g/mol. The van der Waals surface area contributed by atoms with Gasteiger partial charge in [-0.25, -0.2) is 0 Å². The van der Waals surface area contributed by atoms with Crippen molar-refractivity contribution < 1.29 is 24.0 Å². The fourth-order valence-corrected chi connectivity index (χ4v) is 3.16. The Labute approximate surface area is 196 Å². The van der Waals surface area contributed by atoms with Gasteiger partial charge in [0.25, 0.3) is 0 Å². The van der Waals surface area contributed by atoms with E-state index >= 15 is 0 Å². The highest BCUT2D eigenvalue weighted by Gasteiger charge is 2.17. The highest BCUT2D eigenvalue weighted by molar-refractivity contribution is 6.32. The molecule has 3 rings (SSSR count). The lowest BCUT2D eigenvalue weighted by Gasteiger charge is -2.11. The van der Waals surface area contributed by atoms with Gasteiger partial charge in [-0.05, 0) is 56.7 Å². The van der Waals surface area contributed by atoms with E-state index in [2.05, 4.69) is 20.8 Å². The van der Waals surface area contributed by atoms with Crippen molar-refractivity contribution in [2.75, 3.05) is 5.32 Å². The second kappa shape index (κ2) is 10.9. The number of hydrogen-bond donors (Lipinski definition) is 3. The zero-order chi connectivity index (χ0) is 24.0. The molecule has 0 radical (unpaired) electrons. The molecule has 0 spiro atoms. The SMILES string of the molecule is CC(CC(=O)O)NCc1ccc(NC(=O)c2nc(-c3ccc(OC(C)C)c(Cl)c3)no2)cc1. The minimum Gasteiger partial charge on any atom is -0.489 e. The largest absolute Gasteiger partial charge is 0.489 e. The van der Waals surface area contributed by atoms with Crippen molar-refractivity contribution in [3.8, 4) is 17.1 Å². The Bertz CT molecular complexity index is 1110. The van der Waals surface area contributed by atoms with Crippen LogP contribution < -0.4 is 15.4 Å². The number of hydrogen-bond acceptors (Lipinski definition) is 7. The number of aromatic nitrogens is 2. The number of halogens is 1. The van der Waals surface area contributed by atoms with Gasteiger partial charge in [0.2, 0.25) is 5.82 Å². The number of carboxylic acid groups (broad SMARTS) is 1. The van der Waals surface area contributed by atoms with Crippen molar-refractivity contribution in [1.82, 2.24) is 15.5 Å². The first kappa shape index (κ1) is 24.2. The van der Waals surface area contributed by atoms with Crippen LogP contribution in [0.2, 0.25) is 5.02 Å². The monoisotopic (exact) mass is 472 g/mol. The summed E-state index contributed by atoms with van der Waals surface area (Å²) >= 11 is 6.25. The molecule has 0 saturated carbocycles. The van der Waals surface area contributed by atoms with Gasteiger partial charge in [0, 0.05) is 23.8 Å². The smallest absolute Gasteiger partial charge is 0.316 e. The predicted octanol–water partition coefficient (Wildman–Crippen LogP) is 4.38. The molecule has 9 nitrogen and oxygen atoms in total. The summed E-state index contributed by atoms with van der Waals surface area (Å²) < 4.78 is 10.7. The lowest BCUT2D eigenvalue weighted by molar-refractivity contribution is -0.137. The van der Waals surface area contributed by atoms with Crippen LogP contribution in [0.25, 0.3) is 11.4 Å². The van der Waals surface area contributed by atoms with Crippen LogP contribution in [0.1, 0.15) is 43.4 Å². The van der Waals surface area contributed by atoms with E-state index in [1.165, 1.54) is 0 Å². The van der Waals surface area contributed by atoms with E-state index in [9.17, 15) is 9.59 Å². The second-order valence-corrected chi connectivity index (χ2v) is 8.17. The standard InChI is InChI=1S/C23H25ClN4O5/c1-13(2)32-19-9-6-16(11-18(19)24)21-27-23(33-28-21)22(31)26-17-7-4-15(5-8-17)12-25-14(3)10-20(29)30/h4-9,11,13-14,25H,10,12H2,1-3H3,(H,26,31)(H,29,30). The molecule has 0 fully saturated rings. The lowest BCUT2D eigenvalue weighted by atomic mass is 10.1. The van der Waals surface area contributed by atoms with Crippen LogP contribution in [-0.2, 0) is 11.3 Å². The van der Waals surface area contributed by atoms with Gasteiger partial charge in [-0.2, -0.15) is 4.98 Å². The van der Waals surface area contributed by atoms with Crippen LogP contribution >= 0.6 is 11.6 Å². The topological polar surface area (TPSA) is 127 Å². The molecular formula is C23H25ClN4O5.